The van der Waals surface area contributed by atoms with Crippen LogP contribution >= 0.6 is 0 Å². The van der Waals surface area contributed by atoms with Crippen molar-refractivity contribution in [3.05, 3.63) is 72.9 Å². The maximum Gasteiger partial charge on any atom is 0.306 e. The van der Waals surface area contributed by atoms with Gasteiger partial charge >= 0.3 is 5.97 Å². The molecule has 11 nitrogen and oxygen atoms in total. The Morgan fingerprint density at radius 1 is 0.534 bits per heavy atom. The molecule has 1 amide bonds. The van der Waals surface area contributed by atoms with Gasteiger partial charge in [-0.25, -0.2) is 0 Å². The molecule has 1 aliphatic heterocycles. The van der Waals surface area contributed by atoms with Gasteiger partial charge in [0.15, 0.2) is 12.4 Å². The highest BCUT2D eigenvalue weighted by Crippen LogP contribution is 2.26. The molecule has 0 saturated carbocycles. The van der Waals surface area contributed by atoms with Crippen LogP contribution in [0, 0.1) is 0 Å². The molecule has 1 fully saturated rings. The van der Waals surface area contributed by atoms with E-state index in [9.17, 15) is 35.1 Å². The fraction of sp³-hybridized carbons (Fsp3) is 0.774. The standard InChI is InChI=1S/C62H109NO10/c1-4-7-10-13-16-19-22-24-26-28-30-32-35-38-41-44-47-50-57(67)73-60-59(69)58(68)56(51-64)72-62(60)71-52-53(54(65)48-45-42-39-36-33-21-18-15-12-9-6-3)63-61(70)55(66)49-46-43-40-37-34-31-29-27-25-23-20-17-14-11-8-5-2/h17,20,24-27,31,34,40,43,45,48,53-56,58-60,62,64-66,68-69H,4-16,18-19,21-23,28-30,32-33,35-39,41-42,44,46-47,49-52H2,1-3H3,(H,63,70)/b20-17-,26-24+,27-25-,34-31-,43-40-,48-45+. The van der Waals surface area contributed by atoms with E-state index in [0.717, 1.165) is 83.5 Å². The van der Waals surface area contributed by atoms with Crippen molar-refractivity contribution in [3.63, 3.8) is 0 Å². The van der Waals surface area contributed by atoms with Gasteiger partial charge < -0.3 is 45.1 Å². The van der Waals surface area contributed by atoms with E-state index in [1.165, 1.54) is 116 Å². The number of amides is 1. The lowest BCUT2D eigenvalue weighted by molar-refractivity contribution is -0.305. The largest absolute Gasteiger partial charge is 0.454 e. The van der Waals surface area contributed by atoms with Gasteiger partial charge in [0, 0.05) is 6.42 Å². The first-order valence-electron chi connectivity index (χ1n) is 29.7. The van der Waals surface area contributed by atoms with Crippen LogP contribution in [0.4, 0.5) is 0 Å². The molecular weight excluding hydrogens is 919 g/mol. The van der Waals surface area contributed by atoms with Crippen molar-refractivity contribution >= 4 is 11.9 Å². The Morgan fingerprint density at radius 2 is 0.945 bits per heavy atom. The van der Waals surface area contributed by atoms with Gasteiger partial charge in [-0.1, -0.05) is 222 Å². The third-order valence-corrected chi connectivity index (χ3v) is 13.6. The van der Waals surface area contributed by atoms with E-state index < -0.39 is 67.4 Å². The smallest absolute Gasteiger partial charge is 0.306 e. The first-order chi connectivity index (χ1) is 35.7. The van der Waals surface area contributed by atoms with Gasteiger partial charge in [0.05, 0.1) is 25.4 Å². The Bertz CT molecular complexity index is 1460. The van der Waals surface area contributed by atoms with Crippen molar-refractivity contribution in [1.29, 1.82) is 0 Å². The molecule has 0 aliphatic carbocycles. The second-order valence-electron chi connectivity index (χ2n) is 20.4. The summed E-state index contributed by atoms with van der Waals surface area (Å²) in [5.74, 6) is -1.26. The Kier molecular flexibility index (Phi) is 46.6. The van der Waals surface area contributed by atoms with Crippen LogP contribution in [-0.2, 0) is 23.8 Å². The number of esters is 1. The fourth-order valence-corrected chi connectivity index (χ4v) is 8.81. The molecule has 6 N–H and O–H groups in total. The Balaban J connectivity index is 2.74. The molecule has 1 aliphatic rings. The van der Waals surface area contributed by atoms with Crippen LogP contribution in [0.25, 0.3) is 0 Å². The third-order valence-electron chi connectivity index (χ3n) is 13.6. The van der Waals surface area contributed by atoms with Gasteiger partial charge in [-0.15, -0.1) is 0 Å². The molecule has 1 heterocycles. The number of nitrogens with one attached hydrogen (secondary N) is 1. The van der Waals surface area contributed by atoms with E-state index in [1.54, 1.807) is 6.08 Å². The zero-order valence-corrected chi connectivity index (χ0v) is 46.5. The molecule has 1 rings (SSSR count). The minimum absolute atomic E-state index is 0.110. The third kappa shape index (κ3) is 38.3. The average molecular weight is 1030 g/mol. The van der Waals surface area contributed by atoms with Gasteiger partial charge in [0.25, 0.3) is 0 Å². The van der Waals surface area contributed by atoms with E-state index in [4.69, 9.17) is 14.2 Å². The monoisotopic (exact) mass is 1030 g/mol. The SMILES string of the molecule is CCCCC/C=C\C/C=C\C/C=C\C/C=C\CCC(O)C(=O)NC(COC1OC(CO)C(O)C(O)C1OC(=O)CCCCCCCCC/C=C/CCCCCCCC)C(O)/C=C/CCCCCCCCCCC. The molecule has 8 unspecified atom stereocenters. The Labute approximate surface area is 445 Å². The van der Waals surface area contributed by atoms with Crippen LogP contribution in [-0.4, -0.2) is 99.6 Å². The quantitative estimate of drug-likeness (QED) is 0.0195. The van der Waals surface area contributed by atoms with E-state index >= 15 is 0 Å². The summed E-state index contributed by atoms with van der Waals surface area (Å²) in [5.41, 5.74) is 0. The molecule has 8 atom stereocenters. The van der Waals surface area contributed by atoms with Gasteiger partial charge in [-0.2, -0.15) is 0 Å². The zero-order chi connectivity index (χ0) is 53.3. The highest BCUT2D eigenvalue weighted by molar-refractivity contribution is 5.80. The minimum atomic E-state index is -1.63. The van der Waals surface area contributed by atoms with Crippen molar-refractivity contribution in [3.8, 4) is 0 Å². The lowest BCUT2D eigenvalue weighted by Gasteiger charge is -2.41. The van der Waals surface area contributed by atoms with Crippen molar-refractivity contribution in [2.24, 2.45) is 0 Å². The van der Waals surface area contributed by atoms with E-state index in [-0.39, 0.29) is 19.4 Å². The number of carbonyl (C=O) groups is 2. The molecule has 0 aromatic carbocycles. The lowest BCUT2D eigenvalue weighted by atomic mass is 9.99. The van der Waals surface area contributed by atoms with Crippen molar-refractivity contribution in [2.75, 3.05) is 13.2 Å². The number of rotatable bonds is 49. The molecule has 0 bridgehead atoms. The van der Waals surface area contributed by atoms with Gasteiger partial charge in [0.1, 0.15) is 24.4 Å². The molecule has 422 valence electrons. The molecule has 0 radical (unpaired) electrons. The number of allylic oxidation sites excluding steroid dienone is 11. The molecule has 0 aromatic heterocycles. The topological polar surface area (TPSA) is 175 Å². The van der Waals surface area contributed by atoms with Crippen LogP contribution < -0.4 is 5.32 Å². The summed E-state index contributed by atoms with van der Waals surface area (Å²) in [6.45, 7) is 5.70. The van der Waals surface area contributed by atoms with Crippen LogP contribution in [0.3, 0.4) is 0 Å². The number of aliphatic hydroxyl groups excluding tert-OH is 5. The predicted octanol–water partition coefficient (Wildman–Crippen LogP) is 13.6. The summed E-state index contributed by atoms with van der Waals surface area (Å²) in [6, 6.07) is -1.05. The number of carbonyl (C=O) groups excluding carboxylic acids is 2. The van der Waals surface area contributed by atoms with E-state index in [0.29, 0.717) is 12.8 Å². The summed E-state index contributed by atoms with van der Waals surface area (Å²) in [5, 5.41) is 56.7. The van der Waals surface area contributed by atoms with Crippen LogP contribution in [0.2, 0.25) is 0 Å². The average Bonchev–Trinajstić information content (AvgIpc) is 3.39. The van der Waals surface area contributed by atoms with Gasteiger partial charge in [0.2, 0.25) is 5.91 Å². The number of unbranched alkanes of at least 4 members (excludes halogenated alkanes) is 25. The Morgan fingerprint density at radius 3 is 1.45 bits per heavy atom. The maximum absolute atomic E-state index is 13.4. The van der Waals surface area contributed by atoms with Gasteiger partial charge in [-0.3, -0.25) is 9.59 Å². The summed E-state index contributed by atoms with van der Waals surface area (Å²) >= 11 is 0. The number of aliphatic hydroxyl groups is 5. The minimum Gasteiger partial charge on any atom is -0.454 e. The van der Waals surface area contributed by atoms with Crippen LogP contribution in [0.5, 0.6) is 0 Å². The number of hydrogen-bond acceptors (Lipinski definition) is 10. The lowest BCUT2D eigenvalue weighted by Crippen LogP contribution is -2.61. The molecule has 73 heavy (non-hydrogen) atoms. The summed E-state index contributed by atoms with van der Waals surface area (Å²) in [7, 11) is 0. The summed E-state index contributed by atoms with van der Waals surface area (Å²) in [4.78, 5) is 26.4. The molecule has 1 saturated heterocycles. The number of ether oxygens (including phenoxy) is 3. The fourth-order valence-electron chi connectivity index (χ4n) is 8.81. The molecule has 11 heteroatoms. The first kappa shape index (κ1) is 68.1. The normalized spacial score (nSPS) is 19.9. The zero-order valence-electron chi connectivity index (χ0n) is 46.5. The second kappa shape index (κ2) is 49.9. The number of hydrogen-bond donors (Lipinski definition) is 6. The maximum atomic E-state index is 13.4. The molecule has 0 spiro atoms. The van der Waals surface area contributed by atoms with E-state index in [2.05, 4.69) is 74.7 Å². The first-order valence-corrected chi connectivity index (χ1v) is 29.7. The van der Waals surface area contributed by atoms with Gasteiger partial charge in [-0.05, 0) is 89.9 Å². The van der Waals surface area contributed by atoms with E-state index in [1.807, 2.05) is 18.2 Å². The van der Waals surface area contributed by atoms with Crippen molar-refractivity contribution < 1.29 is 49.3 Å². The highest BCUT2D eigenvalue weighted by atomic mass is 16.7. The summed E-state index contributed by atoms with van der Waals surface area (Å²) in [6.07, 6.45) is 52.4. The molecule has 0 aromatic rings. The second-order valence-corrected chi connectivity index (χ2v) is 20.4. The van der Waals surface area contributed by atoms with Crippen LogP contribution in [0.15, 0.2) is 72.9 Å². The Hall–Kier alpha value is -2.90. The van der Waals surface area contributed by atoms with Crippen molar-refractivity contribution in [1.82, 2.24) is 5.32 Å². The highest BCUT2D eigenvalue weighted by Gasteiger charge is 2.47. The summed E-state index contributed by atoms with van der Waals surface area (Å²) < 4.78 is 17.6. The van der Waals surface area contributed by atoms with Crippen LogP contribution in [0.1, 0.15) is 245 Å². The predicted molar refractivity (Wildman–Crippen MR) is 301 cm³/mol. The molecular formula is C62H109NO10. The van der Waals surface area contributed by atoms with Crippen molar-refractivity contribution in [2.45, 2.75) is 294 Å².